The van der Waals surface area contributed by atoms with Crippen LogP contribution < -0.4 is 0 Å². The molecule has 0 amide bonds. The van der Waals surface area contributed by atoms with E-state index < -0.39 is 0 Å². The quantitative estimate of drug-likeness (QED) is 0.628. The van der Waals surface area contributed by atoms with Crippen molar-refractivity contribution in [1.29, 1.82) is 0 Å². The maximum atomic E-state index is 5.31. The van der Waals surface area contributed by atoms with Crippen molar-refractivity contribution in [2.75, 3.05) is 7.11 Å². The third-order valence-electron chi connectivity index (χ3n) is 3.08. The topological polar surface area (TPSA) is 9.23 Å². The normalized spacial score (nSPS) is 27.5. The number of rotatable bonds is 3. The van der Waals surface area contributed by atoms with Gasteiger partial charge in [0.2, 0.25) is 0 Å². The van der Waals surface area contributed by atoms with Crippen molar-refractivity contribution in [3.8, 4) is 0 Å². The SMILES string of the molecule is CC.CCCC1=CCC(OC)=CC2CC12. The number of fused-ring (bicyclic) bond motifs is 1. The Labute approximate surface area is 94.2 Å². The first-order valence-electron chi connectivity index (χ1n) is 6.28. The molecule has 2 aliphatic carbocycles. The van der Waals surface area contributed by atoms with Crippen molar-refractivity contribution in [3.05, 3.63) is 23.5 Å². The summed E-state index contributed by atoms with van der Waals surface area (Å²) in [6.45, 7) is 6.26. The molecule has 1 fully saturated rings. The van der Waals surface area contributed by atoms with Gasteiger partial charge in [0.25, 0.3) is 0 Å². The van der Waals surface area contributed by atoms with Gasteiger partial charge in [0.15, 0.2) is 0 Å². The zero-order valence-electron chi connectivity index (χ0n) is 10.5. The van der Waals surface area contributed by atoms with Crippen LogP contribution in [-0.4, -0.2) is 7.11 Å². The van der Waals surface area contributed by atoms with E-state index in [4.69, 9.17) is 4.74 Å². The molecular formula is C14H24O. The Morgan fingerprint density at radius 2 is 2.13 bits per heavy atom. The molecule has 0 aromatic heterocycles. The highest BCUT2D eigenvalue weighted by atomic mass is 16.5. The molecule has 0 aromatic rings. The predicted octanol–water partition coefficient (Wildman–Crippen LogP) is 4.31. The molecule has 1 nitrogen and oxygen atoms in total. The first-order valence-corrected chi connectivity index (χ1v) is 6.28. The van der Waals surface area contributed by atoms with Crippen molar-refractivity contribution < 1.29 is 4.74 Å². The van der Waals surface area contributed by atoms with Gasteiger partial charge in [0.05, 0.1) is 12.9 Å². The van der Waals surface area contributed by atoms with E-state index in [9.17, 15) is 0 Å². The second-order valence-corrected chi connectivity index (χ2v) is 4.08. The Kier molecular flexibility index (Phi) is 4.93. The van der Waals surface area contributed by atoms with Gasteiger partial charge in [-0.1, -0.05) is 38.8 Å². The van der Waals surface area contributed by atoms with Crippen LogP contribution in [0.25, 0.3) is 0 Å². The lowest BCUT2D eigenvalue weighted by Gasteiger charge is -2.03. The summed E-state index contributed by atoms with van der Waals surface area (Å²) in [7, 11) is 1.78. The molecule has 0 spiro atoms. The van der Waals surface area contributed by atoms with E-state index in [1.54, 1.807) is 12.7 Å². The summed E-state index contributed by atoms with van der Waals surface area (Å²) < 4.78 is 5.31. The smallest absolute Gasteiger partial charge is 0.0956 e. The number of ether oxygens (including phenoxy) is 1. The monoisotopic (exact) mass is 208 g/mol. The average molecular weight is 208 g/mol. The minimum absolute atomic E-state index is 0.801. The van der Waals surface area contributed by atoms with E-state index in [2.05, 4.69) is 19.1 Å². The van der Waals surface area contributed by atoms with Gasteiger partial charge in [-0.25, -0.2) is 0 Å². The van der Waals surface area contributed by atoms with Gasteiger partial charge in [-0.2, -0.15) is 0 Å². The highest BCUT2D eigenvalue weighted by Crippen LogP contribution is 2.49. The molecule has 2 unspecified atom stereocenters. The highest BCUT2D eigenvalue weighted by molar-refractivity contribution is 5.26. The number of allylic oxidation sites excluding steroid dienone is 3. The average Bonchev–Trinajstić information content (AvgIpc) is 3.03. The number of hydrogen-bond acceptors (Lipinski definition) is 1. The summed E-state index contributed by atoms with van der Waals surface area (Å²) in [5, 5.41) is 0. The van der Waals surface area contributed by atoms with Crippen molar-refractivity contribution in [3.63, 3.8) is 0 Å². The van der Waals surface area contributed by atoms with Crippen LogP contribution in [-0.2, 0) is 4.74 Å². The summed E-state index contributed by atoms with van der Waals surface area (Å²) in [6, 6.07) is 0. The fraction of sp³-hybridized carbons (Fsp3) is 0.714. The first-order chi connectivity index (χ1) is 7.35. The van der Waals surface area contributed by atoms with E-state index >= 15 is 0 Å². The Hall–Kier alpha value is -0.720. The van der Waals surface area contributed by atoms with Crippen LogP contribution >= 0.6 is 0 Å². The number of hydrogen-bond donors (Lipinski definition) is 0. The molecule has 15 heavy (non-hydrogen) atoms. The van der Waals surface area contributed by atoms with E-state index in [0.29, 0.717) is 0 Å². The summed E-state index contributed by atoms with van der Waals surface area (Å²) >= 11 is 0. The largest absolute Gasteiger partial charge is 0.501 e. The lowest BCUT2D eigenvalue weighted by molar-refractivity contribution is 0.283. The molecule has 0 bridgehead atoms. The van der Waals surface area contributed by atoms with Gasteiger partial charge in [0.1, 0.15) is 0 Å². The van der Waals surface area contributed by atoms with Crippen molar-refractivity contribution >= 4 is 0 Å². The Morgan fingerprint density at radius 3 is 2.73 bits per heavy atom. The third kappa shape index (κ3) is 3.12. The maximum Gasteiger partial charge on any atom is 0.0956 e. The molecule has 0 saturated heterocycles. The lowest BCUT2D eigenvalue weighted by atomic mass is 10.0. The van der Waals surface area contributed by atoms with E-state index in [-0.39, 0.29) is 0 Å². The Morgan fingerprint density at radius 1 is 1.40 bits per heavy atom. The van der Waals surface area contributed by atoms with Gasteiger partial charge < -0.3 is 4.74 Å². The molecule has 0 radical (unpaired) electrons. The molecule has 0 aromatic carbocycles. The third-order valence-corrected chi connectivity index (χ3v) is 3.08. The molecule has 1 heteroatoms. The predicted molar refractivity (Wildman–Crippen MR) is 65.6 cm³/mol. The van der Waals surface area contributed by atoms with Gasteiger partial charge in [-0.3, -0.25) is 0 Å². The van der Waals surface area contributed by atoms with Crippen LogP contribution in [0, 0.1) is 11.8 Å². The molecule has 0 heterocycles. The summed E-state index contributed by atoms with van der Waals surface area (Å²) in [5.74, 6) is 2.83. The van der Waals surface area contributed by atoms with Gasteiger partial charge in [-0.15, -0.1) is 0 Å². The van der Waals surface area contributed by atoms with E-state index in [1.807, 2.05) is 13.8 Å². The zero-order valence-corrected chi connectivity index (χ0v) is 10.5. The summed E-state index contributed by atoms with van der Waals surface area (Å²) in [4.78, 5) is 0. The van der Waals surface area contributed by atoms with Crippen molar-refractivity contribution in [2.24, 2.45) is 11.8 Å². The maximum absolute atomic E-state index is 5.31. The molecular weight excluding hydrogens is 184 g/mol. The first kappa shape index (κ1) is 12.4. The fourth-order valence-corrected chi connectivity index (χ4v) is 2.24. The Balaban J connectivity index is 0.000000531. The van der Waals surface area contributed by atoms with E-state index in [1.165, 1.54) is 25.0 Å². The standard InChI is InChI=1S/C12H18O.C2H6/c1-3-4-9-5-6-11(13-2)7-10-8-12(9)10;1-2/h5,7,10,12H,3-4,6,8H2,1-2H3;1-2H3. The van der Waals surface area contributed by atoms with Gasteiger partial charge in [-0.05, 0) is 30.8 Å². The highest BCUT2D eigenvalue weighted by Gasteiger charge is 2.39. The van der Waals surface area contributed by atoms with Gasteiger partial charge >= 0.3 is 0 Å². The fourth-order valence-electron chi connectivity index (χ4n) is 2.24. The van der Waals surface area contributed by atoms with Gasteiger partial charge in [0, 0.05) is 6.42 Å². The minimum Gasteiger partial charge on any atom is -0.501 e. The number of methoxy groups -OCH3 is 1. The summed E-state index contributed by atoms with van der Waals surface area (Å²) in [6.07, 6.45) is 9.64. The van der Waals surface area contributed by atoms with Crippen LogP contribution in [0.2, 0.25) is 0 Å². The van der Waals surface area contributed by atoms with E-state index in [0.717, 1.165) is 18.3 Å². The van der Waals surface area contributed by atoms with Crippen LogP contribution in [0.4, 0.5) is 0 Å². The molecule has 0 N–H and O–H groups in total. The molecule has 2 atom stereocenters. The lowest BCUT2D eigenvalue weighted by Crippen LogP contribution is -1.86. The molecule has 0 aliphatic heterocycles. The minimum atomic E-state index is 0.801. The van der Waals surface area contributed by atoms with Crippen LogP contribution in [0.15, 0.2) is 23.5 Å². The molecule has 2 aliphatic rings. The summed E-state index contributed by atoms with van der Waals surface area (Å²) in [5.41, 5.74) is 1.68. The van der Waals surface area contributed by atoms with Crippen LogP contribution in [0.3, 0.4) is 0 Å². The molecule has 86 valence electrons. The van der Waals surface area contributed by atoms with Crippen LogP contribution in [0.5, 0.6) is 0 Å². The second kappa shape index (κ2) is 5.99. The van der Waals surface area contributed by atoms with Crippen molar-refractivity contribution in [1.82, 2.24) is 0 Å². The Bertz CT molecular complexity index is 250. The second-order valence-electron chi connectivity index (χ2n) is 4.08. The van der Waals surface area contributed by atoms with Crippen molar-refractivity contribution in [2.45, 2.75) is 46.5 Å². The molecule has 1 saturated carbocycles. The zero-order chi connectivity index (χ0) is 11.3. The van der Waals surface area contributed by atoms with Crippen LogP contribution in [0.1, 0.15) is 46.5 Å². The molecule has 2 rings (SSSR count).